The van der Waals surface area contributed by atoms with Gasteiger partial charge in [0.2, 0.25) is 0 Å². The summed E-state index contributed by atoms with van der Waals surface area (Å²) in [5.74, 6) is -1.30. The van der Waals surface area contributed by atoms with Crippen LogP contribution in [0, 0.1) is 11.8 Å². The number of hydrogen-bond acceptors (Lipinski definition) is 4. The first kappa shape index (κ1) is 15.1. The van der Waals surface area contributed by atoms with Crippen LogP contribution in [0.5, 0.6) is 0 Å². The van der Waals surface area contributed by atoms with E-state index in [2.05, 4.69) is 6.92 Å². The van der Waals surface area contributed by atoms with E-state index in [9.17, 15) is 20.1 Å². The zero-order valence-corrected chi connectivity index (χ0v) is 10.7. The summed E-state index contributed by atoms with van der Waals surface area (Å²) in [6.45, 7) is 1.80. The van der Waals surface area contributed by atoms with E-state index in [-0.39, 0.29) is 12.5 Å². The minimum atomic E-state index is -1.36. The number of unbranched alkanes of at least 4 members (excludes halogenated alkanes) is 1. The second-order valence-corrected chi connectivity index (χ2v) is 4.70. The maximum absolute atomic E-state index is 11.7. The molecule has 4 heteroatoms. The molecule has 4 atom stereocenters. The van der Waals surface area contributed by atoms with Crippen LogP contribution in [0.3, 0.4) is 0 Å². The number of aliphatic hydroxyl groups excluding tert-OH is 3. The summed E-state index contributed by atoms with van der Waals surface area (Å²) in [5, 5.41) is 28.2. The lowest BCUT2D eigenvalue weighted by Gasteiger charge is -2.33. The zero-order chi connectivity index (χ0) is 13.5. The molecule has 1 rings (SSSR count). The summed E-state index contributed by atoms with van der Waals surface area (Å²) in [6.07, 6.45) is 7.57. The van der Waals surface area contributed by atoms with Crippen molar-refractivity contribution < 1.29 is 20.1 Å². The van der Waals surface area contributed by atoms with Gasteiger partial charge in [0.15, 0.2) is 5.78 Å². The van der Waals surface area contributed by atoms with E-state index >= 15 is 0 Å². The quantitative estimate of drug-likeness (QED) is 0.635. The number of aliphatic hydroxyl groups is 3. The van der Waals surface area contributed by atoms with E-state index < -0.39 is 23.9 Å². The van der Waals surface area contributed by atoms with Crippen LogP contribution in [-0.2, 0) is 4.79 Å². The molecule has 0 spiro atoms. The molecule has 0 radical (unpaired) electrons. The van der Waals surface area contributed by atoms with Crippen LogP contribution in [0.25, 0.3) is 0 Å². The fraction of sp³-hybridized carbons (Fsp3) is 0.643. The third kappa shape index (κ3) is 3.77. The number of hydrogen-bond donors (Lipinski definition) is 3. The Morgan fingerprint density at radius 3 is 2.67 bits per heavy atom. The lowest BCUT2D eigenvalue weighted by atomic mass is 9.75. The molecular weight excluding hydrogens is 232 g/mol. The normalized spacial score (nSPS) is 33.7. The molecule has 0 aromatic heterocycles. The summed E-state index contributed by atoms with van der Waals surface area (Å²) >= 11 is 0. The van der Waals surface area contributed by atoms with Gasteiger partial charge >= 0.3 is 0 Å². The monoisotopic (exact) mass is 254 g/mol. The highest BCUT2D eigenvalue weighted by Crippen LogP contribution is 2.28. The second-order valence-electron chi connectivity index (χ2n) is 4.70. The van der Waals surface area contributed by atoms with Crippen molar-refractivity contribution in [3.05, 3.63) is 24.3 Å². The lowest BCUT2D eigenvalue weighted by molar-refractivity contribution is -0.146. The molecule has 0 amide bonds. The molecular formula is C14H22O4. The van der Waals surface area contributed by atoms with E-state index in [1.54, 1.807) is 0 Å². The Morgan fingerprint density at radius 1 is 1.33 bits per heavy atom. The smallest absolute Gasteiger partial charge is 0.169 e. The molecule has 1 fully saturated rings. The molecule has 0 unspecified atom stereocenters. The standard InChI is InChI=1S/C14H22O4/c1-2-3-4-5-6-7-10-8-12(16)14(18)13(17)11(10)9-15/h4-7,10-12,14-16,18H,2-3,8-9H2,1H3/b5-4+,7-6+/t10-,11+,12+,14-/m0/s1. The summed E-state index contributed by atoms with van der Waals surface area (Å²) < 4.78 is 0. The van der Waals surface area contributed by atoms with Gasteiger partial charge in [0.05, 0.1) is 12.7 Å². The van der Waals surface area contributed by atoms with Gasteiger partial charge in [-0.15, -0.1) is 0 Å². The summed E-state index contributed by atoms with van der Waals surface area (Å²) in [7, 11) is 0. The molecule has 0 aromatic rings. The zero-order valence-electron chi connectivity index (χ0n) is 10.7. The van der Waals surface area contributed by atoms with Crippen LogP contribution >= 0.6 is 0 Å². The first-order chi connectivity index (χ1) is 8.61. The van der Waals surface area contributed by atoms with Gasteiger partial charge in [-0.2, -0.15) is 0 Å². The van der Waals surface area contributed by atoms with Crippen LogP contribution in [0.4, 0.5) is 0 Å². The Kier molecular flexibility index (Phi) is 6.25. The van der Waals surface area contributed by atoms with Crippen LogP contribution in [-0.4, -0.2) is 39.9 Å². The van der Waals surface area contributed by atoms with Crippen LogP contribution in [0.1, 0.15) is 26.2 Å². The summed E-state index contributed by atoms with van der Waals surface area (Å²) in [6, 6.07) is 0. The van der Waals surface area contributed by atoms with Gasteiger partial charge in [0.25, 0.3) is 0 Å². The van der Waals surface area contributed by atoms with Crippen molar-refractivity contribution >= 4 is 5.78 Å². The number of allylic oxidation sites excluding steroid dienone is 4. The highest BCUT2D eigenvalue weighted by Gasteiger charge is 2.40. The average Bonchev–Trinajstić information content (AvgIpc) is 2.36. The number of rotatable bonds is 5. The van der Waals surface area contributed by atoms with Crippen LogP contribution < -0.4 is 0 Å². The molecule has 102 valence electrons. The van der Waals surface area contributed by atoms with Crippen molar-refractivity contribution in [3.8, 4) is 0 Å². The van der Waals surface area contributed by atoms with Gasteiger partial charge in [-0.1, -0.05) is 37.6 Å². The first-order valence-electron chi connectivity index (χ1n) is 6.45. The Hall–Kier alpha value is -0.970. The maximum Gasteiger partial charge on any atom is 0.169 e. The predicted octanol–water partition coefficient (Wildman–Crippen LogP) is 0.818. The van der Waals surface area contributed by atoms with Gasteiger partial charge in [-0.05, 0) is 18.8 Å². The molecule has 0 bridgehead atoms. The topological polar surface area (TPSA) is 77.8 Å². The van der Waals surface area contributed by atoms with Crippen molar-refractivity contribution in [2.75, 3.05) is 6.61 Å². The Labute approximate surface area is 108 Å². The molecule has 0 heterocycles. The first-order valence-corrected chi connectivity index (χ1v) is 6.45. The van der Waals surface area contributed by atoms with Crippen LogP contribution in [0.15, 0.2) is 24.3 Å². The second kappa shape index (κ2) is 7.46. The third-order valence-electron chi connectivity index (χ3n) is 3.31. The van der Waals surface area contributed by atoms with Crippen molar-refractivity contribution in [1.29, 1.82) is 0 Å². The SMILES string of the molecule is CCC/C=C/C=C/[C@H]1C[C@@H](O)[C@H](O)C(=O)[C@@H]1CO. The minimum Gasteiger partial charge on any atom is -0.396 e. The Morgan fingerprint density at radius 2 is 2.06 bits per heavy atom. The van der Waals surface area contributed by atoms with Crippen molar-refractivity contribution in [2.24, 2.45) is 11.8 Å². The Bertz CT molecular complexity index is 322. The predicted molar refractivity (Wildman–Crippen MR) is 68.9 cm³/mol. The molecule has 4 nitrogen and oxygen atoms in total. The van der Waals surface area contributed by atoms with E-state index in [0.717, 1.165) is 12.8 Å². The molecule has 1 aliphatic carbocycles. The van der Waals surface area contributed by atoms with E-state index in [0.29, 0.717) is 6.42 Å². The van der Waals surface area contributed by atoms with Gasteiger partial charge in [0.1, 0.15) is 6.10 Å². The van der Waals surface area contributed by atoms with Gasteiger partial charge in [-0.25, -0.2) is 0 Å². The number of ketones is 1. The van der Waals surface area contributed by atoms with Crippen molar-refractivity contribution in [1.82, 2.24) is 0 Å². The third-order valence-corrected chi connectivity index (χ3v) is 3.31. The van der Waals surface area contributed by atoms with E-state index in [1.807, 2.05) is 24.3 Å². The summed E-state index contributed by atoms with van der Waals surface area (Å²) in [5.41, 5.74) is 0. The molecule has 18 heavy (non-hydrogen) atoms. The van der Waals surface area contributed by atoms with Gasteiger partial charge < -0.3 is 15.3 Å². The Balaban J connectivity index is 2.65. The average molecular weight is 254 g/mol. The number of Topliss-reactive ketones (excluding diaryl/α,β-unsaturated/α-hetero) is 1. The largest absolute Gasteiger partial charge is 0.396 e. The molecule has 1 aliphatic rings. The van der Waals surface area contributed by atoms with Crippen molar-refractivity contribution in [2.45, 2.75) is 38.4 Å². The molecule has 0 saturated heterocycles. The molecule has 0 aromatic carbocycles. The highest BCUT2D eigenvalue weighted by atomic mass is 16.3. The molecule has 1 saturated carbocycles. The number of carbonyl (C=O) groups excluding carboxylic acids is 1. The fourth-order valence-corrected chi connectivity index (χ4v) is 2.18. The maximum atomic E-state index is 11.7. The number of carbonyl (C=O) groups is 1. The van der Waals surface area contributed by atoms with Gasteiger partial charge in [0, 0.05) is 5.92 Å². The molecule has 0 aliphatic heterocycles. The fourth-order valence-electron chi connectivity index (χ4n) is 2.18. The lowest BCUT2D eigenvalue weighted by Crippen LogP contribution is -2.48. The van der Waals surface area contributed by atoms with E-state index in [4.69, 9.17) is 0 Å². The summed E-state index contributed by atoms with van der Waals surface area (Å²) in [4.78, 5) is 11.7. The van der Waals surface area contributed by atoms with Gasteiger partial charge in [-0.3, -0.25) is 4.79 Å². The van der Waals surface area contributed by atoms with Crippen LogP contribution in [0.2, 0.25) is 0 Å². The van der Waals surface area contributed by atoms with E-state index in [1.165, 1.54) is 0 Å². The highest BCUT2D eigenvalue weighted by molar-refractivity contribution is 5.87. The van der Waals surface area contributed by atoms with Crippen molar-refractivity contribution in [3.63, 3.8) is 0 Å². The minimum absolute atomic E-state index is 0.216. The molecule has 3 N–H and O–H groups in total.